The minimum absolute atomic E-state index is 0.291. The van der Waals surface area contributed by atoms with E-state index < -0.39 is 0 Å². The number of benzene rings is 1. The number of anilines is 1. The Hall–Kier alpha value is -0.720. The summed E-state index contributed by atoms with van der Waals surface area (Å²) >= 11 is 9.07. The van der Waals surface area contributed by atoms with Crippen molar-refractivity contribution in [2.24, 2.45) is 0 Å². The molecule has 0 saturated heterocycles. The van der Waals surface area contributed by atoms with Crippen LogP contribution < -0.4 is 5.73 Å². The smallest absolute Gasteiger partial charge is 0.0780 e. The molecule has 0 aliphatic rings. The van der Waals surface area contributed by atoms with Gasteiger partial charge in [-0.3, -0.25) is 0 Å². The maximum absolute atomic E-state index is 8.44. The van der Waals surface area contributed by atoms with Gasteiger partial charge in [-0.1, -0.05) is 17.7 Å². The number of nitrogen functional groups attached to an aromatic ring is 1. The van der Waals surface area contributed by atoms with Crippen molar-refractivity contribution in [2.75, 3.05) is 5.73 Å². The van der Waals surface area contributed by atoms with Crippen molar-refractivity contribution in [2.45, 2.75) is 6.42 Å². The number of nitrogens with zero attached hydrogens (tertiary/aromatic N) is 1. The molecule has 2 N–H and O–H groups in total. The maximum Gasteiger partial charge on any atom is 0.0780 e. The lowest BCUT2D eigenvalue weighted by molar-refractivity contribution is 1.26. The van der Waals surface area contributed by atoms with Crippen molar-refractivity contribution in [3.63, 3.8) is 0 Å². The molecule has 1 aromatic rings. The molecule has 0 aliphatic carbocycles. The van der Waals surface area contributed by atoms with Crippen molar-refractivity contribution in [3.05, 3.63) is 27.2 Å². The van der Waals surface area contributed by atoms with Crippen molar-refractivity contribution in [1.29, 1.82) is 5.26 Å². The lowest BCUT2D eigenvalue weighted by Gasteiger charge is -2.04. The van der Waals surface area contributed by atoms with Gasteiger partial charge < -0.3 is 5.73 Å². The molecular formula is C8H6BrClN2. The number of nitriles is 1. The molecule has 0 spiro atoms. The highest BCUT2D eigenvalue weighted by Gasteiger charge is 2.05. The second-order valence-electron chi connectivity index (χ2n) is 2.27. The standard InChI is InChI=1S/C8H6BrClN2/c9-6-2-1-5(3-4-11)8(12)7(6)10/h1-2H,3,12H2. The third-order valence-corrected chi connectivity index (χ3v) is 2.79. The van der Waals surface area contributed by atoms with Crippen LogP contribution in [0.3, 0.4) is 0 Å². The minimum Gasteiger partial charge on any atom is -0.397 e. The Balaban J connectivity index is 3.19. The Morgan fingerprint density at radius 3 is 2.83 bits per heavy atom. The topological polar surface area (TPSA) is 49.8 Å². The van der Waals surface area contributed by atoms with Crippen LogP contribution in [0.4, 0.5) is 5.69 Å². The maximum atomic E-state index is 8.44. The van der Waals surface area contributed by atoms with Crippen LogP contribution in [-0.2, 0) is 6.42 Å². The van der Waals surface area contributed by atoms with E-state index in [2.05, 4.69) is 15.9 Å². The van der Waals surface area contributed by atoms with Crippen LogP contribution >= 0.6 is 27.5 Å². The van der Waals surface area contributed by atoms with Gasteiger partial charge >= 0.3 is 0 Å². The summed E-state index contributed by atoms with van der Waals surface area (Å²) in [4.78, 5) is 0. The van der Waals surface area contributed by atoms with Crippen molar-refractivity contribution in [1.82, 2.24) is 0 Å². The molecule has 0 unspecified atom stereocenters. The van der Waals surface area contributed by atoms with Crippen molar-refractivity contribution in [3.8, 4) is 6.07 Å². The summed E-state index contributed by atoms with van der Waals surface area (Å²) in [6, 6.07) is 5.59. The number of rotatable bonds is 1. The molecule has 0 saturated carbocycles. The fourth-order valence-corrected chi connectivity index (χ4v) is 1.38. The third kappa shape index (κ3) is 1.71. The van der Waals surface area contributed by atoms with Crippen LogP contribution in [0, 0.1) is 11.3 Å². The molecule has 0 heterocycles. The largest absolute Gasteiger partial charge is 0.397 e. The van der Waals surface area contributed by atoms with Crippen molar-refractivity contribution >= 4 is 33.2 Å². The monoisotopic (exact) mass is 244 g/mol. The predicted octanol–water partition coefficient (Wildman–Crippen LogP) is 2.75. The average Bonchev–Trinajstić information content (AvgIpc) is 2.07. The number of nitrogens with two attached hydrogens (primary N) is 1. The van der Waals surface area contributed by atoms with E-state index in [9.17, 15) is 0 Å². The van der Waals surface area contributed by atoms with E-state index in [1.54, 1.807) is 12.1 Å². The molecule has 1 aromatic carbocycles. The van der Waals surface area contributed by atoms with Gasteiger partial charge in [0.25, 0.3) is 0 Å². The Labute approximate surface area is 84.1 Å². The fourth-order valence-electron chi connectivity index (χ4n) is 0.846. The Morgan fingerprint density at radius 1 is 1.58 bits per heavy atom. The summed E-state index contributed by atoms with van der Waals surface area (Å²) in [5, 5.41) is 8.92. The molecule has 0 atom stereocenters. The van der Waals surface area contributed by atoms with Crippen LogP contribution in [-0.4, -0.2) is 0 Å². The van der Waals surface area contributed by atoms with Gasteiger partial charge in [0.2, 0.25) is 0 Å². The summed E-state index contributed by atoms with van der Waals surface area (Å²) in [7, 11) is 0. The van der Waals surface area contributed by atoms with Crippen LogP contribution in [0.2, 0.25) is 5.02 Å². The summed E-state index contributed by atoms with van der Waals surface area (Å²) < 4.78 is 0.753. The minimum atomic E-state index is 0.291. The summed E-state index contributed by atoms with van der Waals surface area (Å²) in [6.07, 6.45) is 0.291. The van der Waals surface area contributed by atoms with Gasteiger partial charge in [-0.05, 0) is 27.6 Å². The second-order valence-corrected chi connectivity index (χ2v) is 3.50. The van der Waals surface area contributed by atoms with E-state index in [0.717, 1.165) is 10.0 Å². The zero-order chi connectivity index (χ0) is 9.14. The van der Waals surface area contributed by atoms with E-state index in [1.165, 1.54) is 0 Å². The lowest BCUT2D eigenvalue weighted by atomic mass is 10.1. The van der Waals surface area contributed by atoms with Gasteiger partial charge in [0.05, 0.1) is 23.2 Å². The molecule has 12 heavy (non-hydrogen) atoms. The predicted molar refractivity (Wildman–Crippen MR) is 52.9 cm³/mol. The highest BCUT2D eigenvalue weighted by molar-refractivity contribution is 9.10. The highest BCUT2D eigenvalue weighted by atomic mass is 79.9. The van der Waals surface area contributed by atoms with E-state index in [-0.39, 0.29) is 0 Å². The Kier molecular flexibility index (Phi) is 2.96. The Morgan fingerprint density at radius 2 is 2.25 bits per heavy atom. The average molecular weight is 246 g/mol. The first kappa shape index (κ1) is 9.37. The van der Waals surface area contributed by atoms with E-state index >= 15 is 0 Å². The Bertz CT molecular complexity index is 344. The molecule has 0 aromatic heterocycles. The van der Waals surface area contributed by atoms with Crippen LogP contribution in [0.5, 0.6) is 0 Å². The van der Waals surface area contributed by atoms with Gasteiger partial charge in [0.1, 0.15) is 0 Å². The van der Waals surface area contributed by atoms with Gasteiger partial charge in [0, 0.05) is 4.47 Å². The lowest BCUT2D eigenvalue weighted by Crippen LogP contribution is -1.94. The molecule has 0 aliphatic heterocycles. The van der Waals surface area contributed by atoms with Crippen LogP contribution in [0.1, 0.15) is 5.56 Å². The van der Waals surface area contributed by atoms with Gasteiger partial charge in [-0.25, -0.2) is 0 Å². The molecule has 4 heteroatoms. The second kappa shape index (κ2) is 3.79. The highest BCUT2D eigenvalue weighted by Crippen LogP contribution is 2.30. The molecule has 0 fully saturated rings. The summed E-state index contributed by atoms with van der Waals surface area (Å²) in [5.41, 5.74) is 6.90. The fraction of sp³-hybridized carbons (Fsp3) is 0.125. The molecule has 0 radical (unpaired) electrons. The van der Waals surface area contributed by atoms with Crippen LogP contribution in [0.25, 0.3) is 0 Å². The van der Waals surface area contributed by atoms with E-state index in [4.69, 9.17) is 22.6 Å². The quantitative estimate of drug-likeness (QED) is 0.774. The number of hydrogen-bond acceptors (Lipinski definition) is 2. The van der Waals surface area contributed by atoms with E-state index in [1.807, 2.05) is 6.07 Å². The first-order valence-electron chi connectivity index (χ1n) is 3.26. The van der Waals surface area contributed by atoms with Gasteiger partial charge in [0.15, 0.2) is 0 Å². The normalized spacial score (nSPS) is 9.42. The molecule has 1 rings (SSSR count). The van der Waals surface area contributed by atoms with Crippen molar-refractivity contribution < 1.29 is 0 Å². The van der Waals surface area contributed by atoms with E-state index in [0.29, 0.717) is 17.1 Å². The van der Waals surface area contributed by atoms with Gasteiger partial charge in [-0.2, -0.15) is 5.26 Å². The zero-order valence-electron chi connectivity index (χ0n) is 6.14. The molecule has 62 valence electrons. The summed E-state index contributed by atoms with van der Waals surface area (Å²) in [6.45, 7) is 0. The third-order valence-electron chi connectivity index (χ3n) is 1.49. The molecule has 2 nitrogen and oxygen atoms in total. The number of hydrogen-bond donors (Lipinski definition) is 1. The summed E-state index contributed by atoms with van der Waals surface area (Å²) in [5.74, 6) is 0. The first-order valence-corrected chi connectivity index (χ1v) is 4.43. The number of halogens is 2. The van der Waals surface area contributed by atoms with Gasteiger partial charge in [-0.15, -0.1) is 0 Å². The molecule has 0 bridgehead atoms. The van der Waals surface area contributed by atoms with Crippen LogP contribution in [0.15, 0.2) is 16.6 Å². The zero-order valence-corrected chi connectivity index (χ0v) is 8.48. The molecular weight excluding hydrogens is 239 g/mol. The molecule has 0 amide bonds. The SMILES string of the molecule is N#CCc1ccc(Br)c(Cl)c1N. The first-order chi connectivity index (χ1) is 5.66.